The molecule has 0 radical (unpaired) electrons. The zero-order chi connectivity index (χ0) is 12.7. The average Bonchev–Trinajstić information content (AvgIpc) is 2.72. The minimum absolute atomic E-state index is 0.0573. The number of hydrogen-bond donors (Lipinski definition) is 2. The van der Waals surface area contributed by atoms with Crippen LogP contribution < -0.4 is 11.5 Å². The molecule has 3 aromatic rings. The number of aromatic nitrogens is 2. The van der Waals surface area contributed by atoms with Crippen molar-refractivity contribution < 1.29 is 4.42 Å². The lowest BCUT2D eigenvalue weighted by molar-refractivity contribution is 0.616. The fourth-order valence-corrected chi connectivity index (χ4v) is 1.89. The lowest BCUT2D eigenvalue weighted by atomic mass is 10.1. The topological polar surface area (TPSA) is 103 Å². The monoisotopic (exact) mass is 241 g/mol. The van der Waals surface area contributed by atoms with Crippen LogP contribution in [0.5, 0.6) is 0 Å². The first-order chi connectivity index (χ1) is 8.63. The third-order valence-electron chi connectivity index (χ3n) is 2.68. The van der Waals surface area contributed by atoms with Crippen molar-refractivity contribution in [2.24, 2.45) is 16.5 Å². The summed E-state index contributed by atoms with van der Waals surface area (Å²) in [7, 11) is 0. The smallest absolute Gasteiger partial charge is 0.253 e. The number of benzene rings is 1. The van der Waals surface area contributed by atoms with E-state index in [1.54, 1.807) is 6.26 Å². The van der Waals surface area contributed by atoms with Crippen molar-refractivity contribution in [2.45, 2.75) is 6.92 Å². The first-order valence-electron chi connectivity index (χ1n) is 5.39. The molecule has 0 saturated carbocycles. The fourth-order valence-electron chi connectivity index (χ4n) is 1.89. The van der Waals surface area contributed by atoms with Crippen LogP contribution in [0.4, 0.5) is 5.95 Å². The molecule has 0 amide bonds. The van der Waals surface area contributed by atoms with E-state index in [9.17, 15) is 0 Å². The van der Waals surface area contributed by atoms with Crippen molar-refractivity contribution in [3.05, 3.63) is 30.2 Å². The van der Waals surface area contributed by atoms with Gasteiger partial charge in [-0.25, -0.2) is 9.97 Å². The maximum Gasteiger partial charge on any atom is 0.253 e. The van der Waals surface area contributed by atoms with Crippen molar-refractivity contribution in [1.29, 1.82) is 0 Å². The van der Waals surface area contributed by atoms with Crippen LogP contribution in [0, 0.1) is 6.92 Å². The first kappa shape index (κ1) is 10.5. The zero-order valence-corrected chi connectivity index (χ0v) is 9.71. The van der Waals surface area contributed by atoms with Crippen LogP contribution in [0.2, 0.25) is 0 Å². The molecule has 3 rings (SSSR count). The number of nitrogens with two attached hydrogens (primary N) is 2. The zero-order valence-electron chi connectivity index (χ0n) is 9.71. The van der Waals surface area contributed by atoms with Gasteiger partial charge in [0, 0.05) is 10.8 Å². The normalized spacial score (nSPS) is 10.9. The number of guanidine groups is 1. The Morgan fingerprint density at radius 3 is 2.89 bits per heavy atom. The predicted molar refractivity (Wildman–Crippen MR) is 69.5 cm³/mol. The Morgan fingerprint density at radius 1 is 1.28 bits per heavy atom. The van der Waals surface area contributed by atoms with Gasteiger partial charge in [0.25, 0.3) is 5.95 Å². The van der Waals surface area contributed by atoms with Gasteiger partial charge < -0.3 is 15.9 Å². The molecule has 0 fully saturated rings. The van der Waals surface area contributed by atoms with Gasteiger partial charge in [-0.2, -0.15) is 4.99 Å². The maximum absolute atomic E-state index is 5.35. The molecule has 2 heterocycles. The third-order valence-corrected chi connectivity index (χ3v) is 2.68. The minimum atomic E-state index is -0.0573. The summed E-state index contributed by atoms with van der Waals surface area (Å²) in [6.45, 7) is 1.88. The molecule has 6 heteroatoms. The van der Waals surface area contributed by atoms with E-state index in [4.69, 9.17) is 15.9 Å². The number of furan rings is 1. The molecule has 0 spiro atoms. The van der Waals surface area contributed by atoms with Crippen LogP contribution in [0.25, 0.3) is 21.9 Å². The molecule has 0 unspecified atom stereocenters. The molecular formula is C12H11N5O. The van der Waals surface area contributed by atoms with Crippen LogP contribution in [-0.4, -0.2) is 15.9 Å². The Balaban J connectivity index is 2.34. The SMILES string of the molecule is Cc1nc(N=C(N)N)nc2cc3ccoc3cc12. The lowest BCUT2D eigenvalue weighted by Gasteiger charge is -2.02. The van der Waals surface area contributed by atoms with Crippen molar-refractivity contribution in [1.82, 2.24) is 9.97 Å². The molecule has 0 aliphatic heterocycles. The molecule has 1 aromatic carbocycles. The van der Waals surface area contributed by atoms with Crippen LogP contribution >= 0.6 is 0 Å². The summed E-state index contributed by atoms with van der Waals surface area (Å²) >= 11 is 0. The Bertz CT molecular complexity index is 771. The number of fused-ring (bicyclic) bond motifs is 2. The highest BCUT2D eigenvalue weighted by Gasteiger charge is 2.07. The van der Waals surface area contributed by atoms with Crippen molar-refractivity contribution >= 4 is 33.8 Å². The molecule has 0 aliphatic rings. The second-order valence-corrected chi connectivity index (χ2v) is 3.97. The Hall–Kier alpha value is -2.63. The van der Waals surface area contributed by atoms with Gasteiger partial charge in [-0.05, 0) is 25.1 Å². The summed E-state index contributed by atoms with van der Waals surface area (Å²) in [5.74, 6) is 0.209. The van der Waals surface area contributed by atoms with Gasteiger partial charge in [0.05, 0.1) is 17.5 Å². The highest BCUT2D eigenvalue weighted by atomic mass is 16.3. The number of hydrogen-bond acceptors (Lipinski definition) is 4. The Kier molecular flexibility index (Phi) is 2.16. The maximum atomic E-state index is 5.35. The molecular weight excluding hydrogens is 230 g/mol. The van der Waals surface area contributed by atoms with Crippen molar-refractivity contribution in [3.63, 3.8) is 0 Å². The van der Waals surface area contributed by atoms with Crippen LogP contribution in [0.1, 0.15) is 5.69 Å². The third kappa shape index (κ3) is 1.64. The van der Waals surface area contributed by atoms with E-state index in [-0.39, 0.29) is 11.9 Å². The van der Waals surface area contributed by atoms with Crippen LogP contribution in [0.15, 0.2) is 33.9 Å². The molecule has 90 valence electrons. The molecule has 6 nitrogen and oxygen atoms in total. The largest absolute Gasteiger partial charge is 0.464 e. The molecule has 0 bridgehead atoms. The summed E-state index contributed by atoms with van der Waals surface area (Å²) < 4.78 is 5.35. The molecule has 18 heavy (non-hydrogen) atoms. The van der Waals surface area contributed by atoms with Gasteiger partial charge >= 0.3 is 0 Å². The summed E-state index contributed by atoms with van der Waals surface area (Å²) in [5, 5.41) is 1.91. The second kappa shape index (κ2) is 3.69. The number of rotatable bonds is 1. The standard InChI is InChI=1S/C12H11N5O/c1-6-8-5-10-7(2-3-18-10)4-9(8)16-12(15-6)17-11(13)14/h2-5H,1H3,(H4,13,14,15,16,17). The first-order valence-corrected chi connectivity index (χ1v) is 5.39. The van der Waals surface area contributed by atoms with Crippen molar-refractivity contribution in [2.75, 3.05) is 0 Å². The summed E-state index contributed by atoms with van der Waals surface area (Å²) in [4.78, 5) is 12.4. The highest BCUT2D eigenvalue weighted by Crippen LogP contribution is 2.25. The quantitative estimate of drug-likeness (QED) is 0.497. The molecule has 0 saturated heterocycles. The molecule has 0 atom stereocenters. The fraction of sp³-hybridized carbons (Fsp3) is 0.0833. The van der Waals surface area contributed by atoms with Crippen LogP contribution in [-0.2, 0) is 0 Å². The van der Waals surface area contributed by atoms with E-state index < -0.39 is 0 Å². The van der Waals surface area contributed by atoms with E-state index in [0.29, 0.717) is 0 Å². The predicted octanol–water partition coefficient (Wildman–Crippen LogP) is 1.59. The molecule has 4 N–H and O–H groups in total. The second-order valence-electron chi connectivity index (χ2n) is 3.97. The average molecular weight is 241 g/mol. The van der Waals surface area contributed by atoms with E-state index in [1.165, 1.54) is 0 Å². The van der Waals surface area contributed by atoms with E-state index >= 15 is 0 Å². The Morgan fingerprint density at radius 2 is 2.11 bits per heavy atom. The van der Waals surface area contributed by atoms with Crippen LogP contribution in [0.3, 0.4) is 0 Å². The van der Waals surface area contributed by atoms with Gasteiger partial charge in [0.1, 0.15) is 5.58 Å². The number of aliphatic imine (C=N–C) groups is 1. The lowest BCUT2D eigenvalue weighted by Crippen LogP contribution is -2.22. The summed E-state index contributed by atoms with van der Waals surface area (Å²) in [5.41, 5.74) is 13.1. The van der Waals surface area contributed by atoms with E-state index in [0.717, 1.165) is 27.6 Å². The van der Waals surface area contributed by atoms with Gasteiger partial charge in [-0.3, -0.25) is 0 Å². The number of aryl methyl sites for hydroxylation is 1. The van der Waals surface area contributed by atoms with Gasteiger partial charge in [0.15, 0.2) is 5.96 Å². The van der Waals surface area contributed by atoms with Gasteiger partial charge in [-0.15, -0.1) is 0 Å². The van der Waals surface area contributed by atoms with Gasteiger partial charge in [0.2, 0.25) is 0 Å². The summed E-state index contributed by atoms with van der Waals surface area (Å²) in [6.07, 6.45) is 1.64. The summed E-state index contributed by atoms with van der Waals surface area (Å²) in [6, 6.07) is 5.72. The van der Waals surface area contributed by atoms with E-state index in [1.807, 2.05) is 25.1 Å². The molecule has 0 aliphatic carbocycles. The highest BCUT2D eigenvalue weighted by molar-refractivity contribution is 5.95. The Labute approximate surface area is 102 Å². The van der Waals surface area contributed by atoms with Gasteiger partial charge in [-0.1, -0.05) is 0 Å². The van der Waals surface area contributed by atoms with E-state index in [2.05, 4.69) is 15.0 Å². The minimum Gasteiger partial charge on any atom is -0.464 e. The molecule has 2 aromatic heterocycles. The van der Waals surface area contributed by atoms with Crippen molar-refractivity contribution in [3.8, 4) is 0 Å². The number of nitrogens with zero attached hydrogens (tertiary/aromatic N) is 3.